The first-order chi connectivity index (χ1) is 16.5. The van der Waals surface area contributed by atoms with E-state index in [-0.39, 0.29) is 30.5 Å². The van der Waals surface area contributed by atoms with Crippen LogP contribution in [0.2, 0.25) is 0 Å². The smallest absolute Gasteiger partial charge is 0.346 e. The molecule has 0 aromatic carbocycles. The molecule has 0 radical (unpaired) electrons. The lowest BCUT2D eigenvalue weighted by atomic mass is 10.00. The number of fused-ring (bicyclic) bond motifs is 4. The molecule has 1 amide bonds. The number of aromatic nitrogens is 4. The van der Waals surface area contributed by atoms with Crippen molar-refractivity contribution in [2.75, 3.05) is 13.6 Å². The zero-order chi connectivity index (χ0) is 25.5. The van der Waals surface area contributed by atoms with Gasteiger partial charge < -0.3 is 9.88 Å². The van der Waals surface area contributed by atoms with Gasteiger partial charge in [-0.05, 0) is 33.3 Å². The number of carbonyl (C=O) groups excluding carboxylic acids is 1. The second kappa shape index (κ2) is 9.20. The summed E-state index contributed by atoms with van der Waals surface area (Å²) in [6, 6.07) is 1.71. The molecule has 1 N–H and O–H groups in total. The van der Waals surface area contributed by atoms with Crippen LogP contribution in [0.25, 0.3) is 27.7 Å². The minimum Gasteiger partial charge on any atom is -0.346 e. The number of alkyl halides is 3. The maximum Gasteiger partial charge on any atom is 0.435 e. The normalized spacial score (nSPS) is 16.7. The topological polar surface area (TPSA) is 82.4 Å². The Morgan fingerprint density at radius 2 is 2.06 bits per heavy atom. The van der Waals surface area contributed by atoms with Crippen LogP contribution >= 0.6 is 0 Å². The van der Waals surface area contributed by atoms with Crippen molar-refractivity contribution in [1.29, 1.82) is 0 Å². The summed E-state index contributed by atoms with van der Waals surface area (Å²) in [5, 5.41) is 9.96. The first-order valence-corrected chi connectivity index (χ1v) is 11.3. The van der Waals surface area contributed by atoms with Gasteiger partial charge in [0.15, 0.2) is 5.69 Å². The Bertz CT molecular complexity index is 1300. The summed E-state index contributed by atoms with van der Waals surface area (Å²) in [6.45, 7) is 9.81. The summed E-state index contributed by atoms with van der Waals surface area (Å²) in [5.74, 6) is -0.0867. The van der Waals surface area contributed by atoms with E-state index in [9.17, 15) is 18.0 Å². The Morgan fingerprint density at radius 1 is 1.31 bits per heavy atom. The van der Waals surface area contributed by atoms with Gasteiger partial charge in [0.05, 0.1) is 0 Å². The molecule has 35 heavy (non-hydrogen) atoms. The van der Waals surface area contributed by atoms with Crippen LogP contribution in [-0.4, -0.2) is 61.9 Å². The predicted molar refractivity (Wildman–Crippen MR) is 128 cm³/mol. The number of H-pyrrole nitrogens is 1. The van der Waals surface area contributed by atoms with Gasteiger partial charge in [-0.2, -0.15) is 23.4 Å². The monoisotopic (exact) mass is 487 g/mol. The number of rotatable bonds is 3. The maximum absolute atomic E-state index is 13.9. The number of hydrogen-bond acceptors (Lipinski definition) is 5. The van der Waals surface area contributed by atoms with E-state index in [0.717, 1.165) is 11.3 Å². The molecular formula is C24H28F3N7O. The van der Waals surface area contributed by atoms with E-state index in [1.54, 1.807) is 29.2 Å². The largest absolute Gasteiger partial charge is 0.435 e. The number of aromatic amines is 1. The molecule has 3 aromatic heterocycles. The minimum absolute atomic E-state index is 0.0259. The fourth-order valence-corrected chi connectivity index (χ4v) is 4.31. The van der Waals surface area contributed by atoms with Gasteiger partial charge >= 0.3 is 6.18 Å². The van der Waals surface area contributed by atoms with E-state index in [0.29, 0.717) is 35.1 Å². The number of allylic oxidation sites excluding steroid dienone is 1. The number of halogens is 3. The van der Waals surface area contributed by atoms with Crippen LogP contribution < -0.4 is 0 Å². The molecule has 3 aromatic rings. The van der Waals surface area contributed by atoms with Crippen LogP contribution in [0.1, 0.15) is 44.9 Å². The second-order valence-electron chi connectivity index (χ2n) is 8.92. The Kier molecular flexibility index (Phi) is 6.44. The molecule has 0 aliphatic carbocycles. The minimum atomic E-state index is -4.63. The standard InChI is InChI=1S/C24H28F3N7O/c1-14(2)34-13-19(15(3)32(5)28-4)16-9-17-18(11-30-23(17)29-10-16)20-12-33(8-6-7-21(34)35)31-22(20)24(25,26)27/h9-12,14H,4,6-8,13H2,1-3,5H3,(H,29,30)/b19-15+. The van der Waals surface area contributed by atoms with E-state index >= 15 is 0 Å². The van der Waals surface area contributed by atoms with Gasteiger partial charge in [0.25, 0.3) is 0 Å². The van der Waals surface area contributed by atoms with Crippen LogP contribution in [0.15, 0.2) is 35.5 Å². The van der Waals surface area contributed by atoms with Gasteiger partial charge in [0, 0.05) is 91.3 Å². The van der Waals surface area contributed by atoms with Crippen molar-refractivity contribution in [3.8, 4) is 11.1 Å². The summed E-state index contributed by atoms with van der Waals surface area (Å²) >= 11 is 0. The summed E-state index contributed by atoms with van der Waals surface area (Å²) in [5.41, 5.74) is 2.07. The highest BCUT2D eigenvalue weighted by atomic mass is 19.4. The average molecular weight is 488 g/mol. The fraction of sp³-hybridized carbons (Fsp3) is 0.417. The molecule has 186 valence electrons. The quantitative estimate of drug-likeness (QED) is 0.427. The second-order valence-corrected chi connectivity index (χ2v) is 8.92. The maximum atomic E-state index is 13.9. The van der Waals surface area contributed by atoms with Crippen molar-refractivity contribution in [2.45, 2.75) is 52.4 Å². The molecule has 4 bridgehead atoms. The van der Waals surface area contributed by atoms with Gasteiger partial charge in [-0.15, -0.1) is 0 Å². The molecule has 4 heterocycles. The van der Waals surface area contributed by atoms with Crippen LogP contribution in [0.5, 0.6) is 0 Å². The third-order valence-electron chi connectivity index (χ3n) is 6.38. The lowest BCUT2D eigenvalue weighted by Gasteiger charge is -2.30. The van der Waals surface area contributed by atoms with Gasteiger partial charge in [0.1, 0.15) is 5.65 Å². The summed E-state index contributed by atoms with van der Waals surface area (Å²) in [4.78, 5) is 22.4. The number of nitrogens with one attached hydrogen (secondary N) is 1. The molecule has 0 fully saturated rings. The number of carbonyl (C=O) groups is 1. The van der Waals surface area contributed by atoms with Crippen LogP contribution in [0.4, 0.5) is 13.2 Å². The van der Waals surface area contributed by atoms with E-state index in [4.69, 9.17) is 0 Å². The molecular weight excluding hydrogens is 459 g/mol. The Hall–Kier alpha value is -3.63. The zero-order valence-corrected chi connectivity index (χ0v) is 20.1. The summed E-state index contributed by atoms with van der Waals surface area (Å²) in [7, 11) is 1.75. The summed E-state index contributed by atoms with van der Waals surface area (Å²) in [6.07, 6.45) is 0.494. The van der Waals surface area contributed by atoms with Crippen LogP contribution in [0.3, 0.4) is 0 Å². The Balaban J connectivity index is 2.00. The third-order valence-corrected chi connectivity index (χ3v) is 6.38. The first kappa shape index (κ1) is 24.5. The number of pyridine rings is 1. The van der Waals surface area contributed by atoms with E-state index in [2.05, 4.69) is 26.9 Å². The molecule has 1 aliphatic rings. The zero-order valence-electron chi connectivity index (χ0n) is 20.1. The van der Waals surface area contributed by atoms with Crippen molar-refractivity contribution in [1.82, 2.24) is 29.7 Å². The van der Waals surface area contributed by atoms with Crippen LogP contribution in [-0.2, 0) is 17.5 Å². The molecule has 1 aliphatic heterocycles. The molecule has 11 heteroatoms. The number of hydrazone groups is 1. The van der Waals surface area contributed by atoms with Crippen molar-refractivity contribution < 1.29 is 18.0 Å². The molecule has 8 nitrogen and oxygen atoms in total. The number of amides is 1. The highest BCUT2D eigenvalue weighted by Gasteiger charge is 2.38. The molecule has 0 atom stereocenters. The van der Waals surface area contributed by atoms with E-state index in [1.165, 1.54) is 17.1 Å². The number of hydrogen-bond donors (Lipinski definition) is 1. The predicted octanol–water partition coefficient (Wildman–Crippen LogP) is 4.75. The molecule has 0 saturated heterocycles. The highest BCUT2D eigenvalue weighted by molar-refractivity contribution is 5.96. The molecule has 0 unspecified atom stereocenters. The van der Waals surface area contributed by atoms with Crippen molar-refractivity contribution in [3.05, 3.63) is 41.6 Å². The molecule has 4 rings (SSSR count). The lowest BCUT2D eigenvalue weighted by molar-refractivity contribution is -0.141. The van der Waals surface area contributed by atoms with Crippen molar-refractivity contribution in [3.63, 3.8) is 0 Å². The highest BCUT2D eigenvalue weighted by Crippen LogP contribution is 2.39. The lowest BCUT2D eigenvalue weighted by Crippen LogP contribution is -2.38. The fourth-order valence-electron chi connectivity index (χ4n) is 4.31. The summed E-state index contributed by atoms with van der Waals surface area (Å²) < 4.78 is 43.0. The van der Waals surface area contributed by atoms with Gasteiger partial charge in [-0.25, -0.2) is 4.98 Å². The number of nitrogens with zero attached hydrogens (tertiary/aromatic N) is 6. The van der Waals surface area contributed by atoms with Gasteiger partial charge in [0.2, 0.25) is 5.91 Å². The third kappa shape index (κ3) is 4.67. The Morgan fingerprint density at radius 3 is 2.71 bits per heavy atom. The van der Waals surface area contributed by atoms with E-state index in [1.807, 2.05) is 20.8 Å². The SMILES string of the molecule is C=NN(C)/C(C)=C1\CN(C(C)C)C(=O)CCCn2cc(c(C(F)(F)F)n2)-c2c[nH]c3ncc1cc23. The molecule has 0 saturated carbocycles. The number of aryl methyl sites for hydroxylation is 1. The van der Waals surface area contributed by atoms with Crippen molar-refractivity contribution in [2.24, 2.45) is 5.10 Å². The van der Waals surface area contributed by atoms with Gasteiger partial charge in [-0.3, -0.25) is 14.5 Å². The average Bonchev–Trinajstić information content (AvgIpc) is 3.41. The van der Waals surface area contributed by atoms with E-state index < -0.39 is 11.9 Å². The first-order valence-electron chi connectivity index (χ1n) is 11.3. The van der Waals surface area contributed by atoms with Crippen molar-refractivity contribution >= 4 is 29.2 Å². The molecule has 0 spiro atoms. The van der Waals surface area contributed by atoms with Gasteiger partial charge in [-0.1, -0.05) is 0 Å². The Labute approximate surface area is 201 Å². The van der Waals surface area contributed by atoms with Crippen LogP contribution in [0, 0.1) is 0 Å².